The first kappa shape index (κ1) is 13.3. The molecule has 0 amide bonds. The van der Waals surface area contributed by atoms with Crippen molar-refractivity contribution in [1.29, 1.82) is 0 Å². The van der Waals surface area contributed by atoms with Crippen LogP contribution in [0.25, 0.3) is 5.76 Å². The van der Waals surface area contributed by atoms with E-state index in [1.165, 1.54) is 0 Å². The van der Waals surface area contributed by atoms with E-state index in [1.807, 2.05) is 18.4 Å². The lowest BCUT2D eigenvalue weighted by atomic mass is 10.1. The van der Waals surface area contributed by atoms with Gasteiger partial charge in [0.25, 0.3) is 5.78 Å². The third kappa shape index (κ3) is 3.64. The van der Waals surface area contributed by atoms with Crippen LogP contribution in [0.15, 0.2) is 35.2 Å². The van der Waals surface area contributed by atoms with Crippen LogP contribution in [-0.2, 0) is 14.3 Å². The number of rotatable bonds is 4. The van der Waals surface area contributed by atoms with Gasteiger partial charge < -0.3 is 9.84 Å². The summed E-state index contributed by atoms with van der Waals surface area (Å²) in [6, 6.07) is 6.96. The highest BCUT2D eigenvalue weighted by Gasteiger charge is 2.12. The molecule has 0 bridgehead atoms. The Morgan fingerprint density at radius 1 is 1.29 bits per heavy atom. The quantitative estimate of drug-likeness (QED) is 0.292. The lowest BCUT2D eigenvalue weighted by molar-refractivity contribution is -0.149. The molecule has 0 fully saturated rings. The Labute approximate surface area is 103 Å². The Bertz CT molecular complexity index is 448. The molecule has 0 aliphatic carbocycles. The summed E-state index contributed by atoms with van der Waals surface area (Å²) in [5.74, 6) is -2.15. The number of esters is 1. The molecule has 0 saturated heterocycles. The molecule has 5 heteroatoms. The van der Waals surface area contributed by atoms with Crippen LogP contribution in [0.3, 0.4) is 0 Å². The predicted octanol–water partition coefficient (Wildman–Crippen LogP) is 2.05. The topological polar surface area (TPSA) is 63.6 Å². The summed E-state index contributed by atoms with van der Waals surface area (Å²) >= 11 is 1.57. The zero-order valence-electron chi connectivity index (χ0n) is 9.47. The maximum atomic E-state index is 11.2. The molecule has 1 rings (SSSR count). The average Bonchev–Trinajstić information content (AvgIpc) is 2.37. The van der Waals surface area contributed by atoms with E-state index >= 15 is 0 Å². The molecule has 0 unspecified atom stereocenters. The SMILES string of the molecule is COC(=O)C(=O)C=C(O)c1ccc(SC)cc1. The van der Waals surface area contributed by atoms with E-state index in [-0.39, 0.29) is 5.76 Å². The first-order valence-corrected chi connectivity index (χ1v) is 5.98. The Morgan fingerprint density at radius 2 is 1.88 bits per heavy atom. The third-order valence-electron chi connectivity index (χ3n) is 2.04. The van der Waals surface area contributed by atoms with E-state index in [1.54, 1.807) is 23.9 Å². The molecule has 17 heavy (non-hydrogen) atoms. The molecule has 0 aliphatic heterocycles. The van der Waals surface area contributed by atoms with Gasteiger partial charge in [0, 0.05) is 16.5 Å². The summed E-state index contributed by atoms with van der Waals surface area (Å²) in [7, 11) is 1.11. The molecule has 0 spiro atoms. The van der Waals surface area contributed by atoms with Crippen molar-refractivity contribution in [2.75, 3.05) is 13.4 Å². The van der Waals surface area contributed by atoms with Crippen molar-refractivity contribution < 1.29 is 19.4 Å². The van der Waals surface area contributed by atoms with Gasteiger partial charge in [-0.2, -0.15) is 0 Å². The minimum Gasteiger partial charge on any atom is -0.507 e. The molecule has 0 heterocycles. The van der Waals surface area contributed by atoms with Gasteiger partial charge in [-0.15, -0.1) is 11.8 Å². The van der Waals surface area contributed by atoms with E-state index in [0.717, 1.165) is 18.1 Å². The van der Waals surface area contributed by atoms with Crippen LogP contribution < -0.4 is 0 Å². The molecule has 1 aromatic rings. The summed E-state index contributed by atoms with van der Waals surface area (Å²) in [6.45, 7) is 0. The van der Waals surface area contributed by atoms with Crippen molar-refractivity contribution in [3.05, 3.63) is 35.9 Å². The minimum atomic E-state index is -1.00. The van der Waals surface area contributed by atoms with Gasteiger partial charge in [-0.1, -0.05) is 12.1 Å². The first-order valence-electron chi connectivity index (χ1n) is 4.76. The van der Waals surface area contributed by atoms with Gasteiger partial charge in [-0.3, -0.25) is 4.79 Å². The largest absolute Gasteiger partial charge is 0.507 e. The molecule has 0 aliphatic rings. The van der Waals surface area contributed by atoms with Crippen LogP contribution in [0.5, 0.6) is 0 Å². The molecule has 0 atom stereocenters. The summed E-state index contributed by atoms with van der Waals surface area (Å²) in [6.07, 6.45) is 2.78. The molecular weight excluding hydrogens is 240 g/mol. The molecule has 0 saturated carbocycles. The van der Waals surface area contributed by atoms with Crippen molar-refractivity contribution in [3.63, 3.8) is 0 Å². The van der Waals surface area contributed by atoms with Crippen molar-refractivity contribution >= 4 is 29.3 Å². The molecule has 0 aromatic heterocycles. The van der Waals surface area contributed by atoms with E-state index in [4.69, 9.17) is 0 Å². The number of carbonyl (C=O) groups excluding carboxylic acids is 2. The average molecular weight is 252 g/mol. The zero-order chi connectivity index (χ0) is 12.8. The lowest BCUT2D eigenvalue weighted by Gasteiger charge is -2.01. The lowest BCUT2D eigenvalue weighted by Crippen LogP contribution is -2.13. The minimum absolute atomic E-state index is 0.256. The Kier molecular flexibility index (Phi) is 4.78. The highest BCUT2D eigenvalue weighted by Crippen LogP contribution is 2.18. The van der Waals surface area contributed by atoms with E-state index in [2.05, 4.69) is 4.74 Å². The number of aliphatic hydroxyl groups is 1. The summed E-state index contributed by atoms with van der Waals surface area (Å²) < 4.78 is 4.24. The van der Waals surface area contributed by atoms with Gasteiger partial charge in [-0.05, 0) is 18.4 Å². The highest BCUT2D eigenvalue weighted by molar-refractivity contribution is 7.98. The maximum absolute atomic E-state index is 11.2. The summed E-state index contributed by atoms with van der Waals surface area (Å²) in [4.78, 5) is 23.1. The third-order valence-corrected chi connectivity index (χ3v) is 2.78. The van der Waals surface area contributed by atoms with E-state index in [0.29, 0.717) is 5.56 Å². The number of ether oxygens (including phenoxy) is 1. The van der Waals surface area contributed by atoms with Crippen LogP contribution >= 0.6 is 11.8 Å². The number of ketones is 1. The molecule has 4 nitrogen and oxygen atoms in total. The number of thioether (sulfide) groups is 1. The fourth-order valence-corrected chi connectivity index (χ4v) is 1.54. The van der Waals surface area contributed by atoms with Crippen LogP contribution in [0.4, 0.5) is 0 Å². The number of hydrogen-bond acceptors (Lipinski definition) is 5. The van der Waals surface area contributed by atoms with Crippen LogP contribution in [-0.4, -0.2) is 30.2 Å². The highest BCUT2D eigenvalue weighted by atomic mass is 32.2. The van der Waals surface area contributed by atoms with Gasteiger partial charge in [0.15, 0.2) is 0 Å². The summed E-state index contributed by atoms with van der Waals surface area (Å²) in [5.41, 5.74) is 0.472. The van der Waals surface area contributed by atoms with E-state index in [9.17, 15) is 14.7 Å². The number of benzene rings is 1. The fraction of sp³-hybridized carbons (Fsp3) is 0.167. The second-order valence-corrected chi connectivity index (χ2v) is 3.99. The monoisotopic (exact) mass is 252 g/mol. The van der Waals surface area contributed by atoms with Crippen molar-refractivity contribution in [1.82, 2.24) is 0 Å². The number of carbonyl (C=O) groups is 2. The first-order chi connectivity index (χ1) is 8.08. The second kappa shape index (κ2) is 6.10. The van der Waals surface area contributed by atoms with Gasteiger partial charge in [0.05, 0.1) is 7.11 Å². The number of methoxy groups -OCH3 is 1. The number of aliphatic hydroxyl groups excluding tert-OH is 1. The standard InChI is InChI=1S/C12H12O4S/c1-16-12(15)11(14)7-10(13)8-3-5-9(17-2)6-4-8/h3-7,13H,1-2H3. The molecular formula is C12H12O4S. The predicted molar refractivity (Wildman–Crippen MR) is 65.9 cm³/mol. The van der Waals surface area contributed by atoms with Gasteiger partial charge in [-0.25, -0.2) is 4.79 Å². The van der Waals surface area contributed by atoms with Crippen molar-refractivity contribution in [2.45, 2.75) is 4.90 Å². The molecule has 0 radical (unpaired) electrons. The van der Waals surface area contributed by atoms with Crippen LogP contribution in [0.2, 0.25) is 0 Å². The van der Waals surface area contributed by atoms with Crippen LogP contribution in [0, 0.1) is 0 Å². The Hall–Kier alpha value is -1.75. The Balaban J connectivity index is 2.88. The second-order valence-electron chi connectivity index (χ2n) is 3.11. The normalized spacial score (nSPS) is 11.1. The van der Waals surface area contributed by atoms with E-state index < -0.39 is 11.8 Å². The molecule has 1 aromatic carbocycles. The Morgan fingerprint density at radius 3 is 2.35 bits per heavy atom. The fourth-order valence-electron chi connectivity index (χ4n) is 1.13. The smallest absolute Gasteiger partial charge is 0.378 e. The van der Waals surface area contributed by atoms with Gasteiger partial charge in [0.1, 0.15) is 5.76 Å². The zero-order valence-corrected chi connectivity index (χ0v) is 10.3. The van der Waals surface area contributed by atoms with Gasteiger partial charge in [0.2, 0.25) is 0 Å². The van der Waals surface area contributed by atoms with Crippen molar-refractivity contribution in [2.24, 2.45) is 0 Å². The summed E-state index contributed by atoms with van der Waals surface area (Å²) in [5, 5.41) is 9.62. The van der Waals surface area contributed by atoms with Crippen molar-refractivity contribution in [3.8, 4) is 0 Å². The number of hydrogen-bond donors (Lipinski definition) is 1. The van der Waals surface area contributed by atoms with Gasteiger partial charge >= 0.3 is 5.97 Å². The maximum Gasteiger partial charge on any atom is 0.378 e. The molecule has 1 N–H and O–H groups in total. The van der Waals surface area contributed by atoms with Crippen LogP contribution in [0.1, 0.15) is 5.56 Å². The molecule has 90 valence electrons.